The number of nitrogens with one attached hydrogen (secondary N) is 1. The van der Waals surface area contributed by atoms with Crippen LogP contribution in [0, 0.1) is 40.4 Å². The lowest BCUT2D eigenvalue weighted by atomic mass is 9.95. The number of halogens is 1. The first-order chi connectivity index (χ1) is 11.5. The van der Waals surface area contributed by atoms with E-state index in [-0.39, 0.29) is 16.1 Å². The van der Waals surface area contributed by atoms with Crippen LogP contribution >= 0.6 is 0 Å². The van der Waals surface area contributed by atoms with E-state index in [0.717, 1.165) is 28.8 Å². The van der Waals surface area contributed by atoms with Gasteiger partial charge in [0.1, 0.15) is 5.82 Å². The van der Waals surface area contributed by atoms with Crippen LogP contribution in [0.3, 0.4) is 0 Å². The average molecular weight is 364 g/mol. The summed E-state index contributed by atoms with van der Waals surface area (Å²) in [5.74, 6) is -1.77. The molecule has 2 aromatic carbocycles. The summed E-state index contributed by atoms with van der Waals surface area (Å²) in [7, 11) is -3.92. The molecule has 0 saturated carbocycles. The van der Waals surface area contributed by atoms with Gasteiger partial charge in [-0.2, -0.15) is 0 Å². The third kappa shape index (κ3) is 3.37. The van der Waals surface area contributed by atoms with Crippen LogP contribution in [0.25, 0.3) is 0 Å². The molecule has 0 aliphatic carbocycles. The van der Waals surface area contributed by atoms with Gasteiger partial charge in [-0.05, 0) is 80.6 Å². The Morgan fingerprint density at radius 3 is 1.92 bits per heavy atom. The van der Waals surface area contributed by atoms with E-state index >= 15 is 0 Å². The molecule has 0 unspecified atom stereocenters. The number of hydrogen-bond acceptors (Lipinski definition) is 3. The highest BCUT2D eigenvalue weighted by Gasteiger charge is 2.24. The molecule has 0 aliphatic rings. The largest absolute Gasteiger partial charge is 0.366 e. The number of rotatable bonds is 4. The van der Waals surface area contributed by atoms with Crippen LogP contribution in [0.1, 0.15) is 38.2 Å². The van der Waals surface area contributed by atoms with Crippen LogP contribution in [0.2, 0.25) is 0 Å². The number of sulfonamides is 1. The van der Waals surface area contributed by atoms with Gasteiger partial charge in [-0.15, -0.1) is 0 Å². The van der Waals surface area contributed by atoms with Crippen molar-refractivity contribution in [3.8, 4) is 0 Å². The first kappa shape index (κ1) is 18.9. The molecule has 2 rings (SSSR count). The molecule has 0 heterocycles. The highest BCUT2D eigenvalue weighted by Crippen LogP contribution is 2.31. The van der Waals surface area contributed by atoms with Crippen LogP contribution in [0.5, 0.6) is 0 Å². The van der Waals surface area contributed by atoms with Gasteiger partial charge in [0.25, 0.3) is 15.9 Å². The van der Waals surface area contributed by atoms with Crippen LogP contribution in [0.4, 0.5) is 10.1 Å². The fraction of sp³-hybridized carbons (Fsp3) is 0.278. The molecule has 0 fully saturated rings. The van der Waals surface area contributed by atoms with Gasteiger partial charge in [-0.1, -0.05) is 0 Å². The van der Waals surface area contributed by atoms with Gasteiger partial charge in [0, 0.05) is 5.69 Å². The zero-order chi connectivity index (χ0) is 19.1. The van der Waals surface area contributed by atoms with Crippen molar-refractivity contribution in [1.29, 1.82) is 0 Å². The number of primary amides is 1. The summed E-state index contributed by atoms with van der Waals surface area (Å²) in [6, 6.07) is 3.34. The molecule has 0 radical (unpaired) electrons. The maximum atomic E-state index is 13.6. The number of benzene rings is 2. The minimum absolute atomic E-state index is 0.0740. The minimum atomic E-state index is -3.92. The molecule has 3 N–H and O–H groups in total. The molecule has 0 aromatic heterocycles. The van der Waals surface area contributed by atoms with Crippen molar-refractivity contribution in [2.75, 3.05) is 4.72 Å². The maximum absolute atomic E-state index is 13.6. The van der Waals surface area contributed by atoms with Crippen LogP contribution in [0.15, 0.2) is 23.1 Å². The Morgan fingerprint density at radius 2 is 1.44 bits per heavy atom. The third-order valence-corrected chi connectivity index (χ3v) is 6.34. The maximum Gasteiger partial charge on any atom is 0.262 e. The number of nitrogens with two attached hydrogens (primary N) is 1. The Bertz CT molecular complexity index is 953. The Balaban J connectivity index is 2.59. The zero-order valence-electron chi connectivity index (χ0n) is 14.8. The summed E-state index contributed by atoms with van der Waals surface area (Å²) in [5.41, 5.74) is 8.98. The summed E-state index contributed by atoms with van der Waals surface area (Å²) in [6.45, 7) is 9.21. The molecule has 0 saturated heterocycles. The molecular formula is C18H21FN2O3S. The Labute approximate surface area is 147 Å². The molecule has 1 amide bonds. The molecule has 7 heteroatoms. The van der Waals surface area contributed by atoms with Crippen LogP contribution < -0.4 is 10.5 Å². The number of carbonyl (C=O) groups is 1. The van der Waals surface area contributed by atoms with Crippen molar-refractivity contribution in [3.05, 3.63) is 57.4 Å². The topological polar surface area (TPSA) is 89.3 Å². The summed E-state index contributed by atoms with van der Waals surface area (Å²) in [5, 5.41) is 0. The van der Waals surface area contributed by atoms with Gasteiger partial charge in [0.15, 0.2) is 0 Å². The van der Waals surface area contributed by atoms with Gasteiger partial charge in [0.2, 0.25) is 0 Å². The lowest BCUT2D eigenvalue weighted by molar-refractivity contribution is 0.0996. The summed E-state index contributed by atoms with van der Waals surface area (Å²) in [6.07, 6.45) is 0. The molecule has 2 aromatic rings. The second-order valence-electron chi connectivity index (χ2n) is 6.12. The monoisotopic (exact) mass is 364 g/mol. The van der Waals surface area contributed by atoms with Gasteiger partial charge >= 0.3 is 0 Å². The van der Waals surface area contributed by atoms with Gasteiger partial charge in [-0.3, -0.25) is 9.52 Å². The Hall–Kier alpha value is -2.41. The van der Waals surface area contributed by atoms with Crippen molar-refractivity contribution in [2.24, 2.45) is 5.73 Å². The minimum Gasteiger partial charge on any atom is -0.366 e. The first-order valence-corrected chi connectivity index (χ1v) is 9.14. The molecule has 5 nitrogen and oxygen atoms in total. The number of carbonyl (C=O) groups excluding carboxylic acids is 1. The highest BCUT2D eigenvalue weighted by atomic mass is 32.2. The van der Waals surface area contributed by atoms with Crippen molar-refractivity contribution < 1.29 is 17.6 Å². The van der Waals surface area contributed by atoms with Crippen LogP contribution in [-0.4, -0.2) is 14.3 Å². The quantitative estimate of drug-likeness (QED) is 0.872. The molecule has 134 valence electrons. The standard InChI is InChI=1S/C18H21FN2O3S/c1-9-10(2)12(4)17(13(5)11(9)3)25(23,24)21-14-6-7-16(19)15(8-14)18(20)22/h6-8,21H,1-5H3,(H2,20,22). The van der Waals surface area contributed by atoms with E-state index in [1.807, 2.05) is 20.8 Å². The van der Waals surface area contributed by atoms with Gasteiger partial charge in [0.05, 0.1) is 10.5 Å². The molecular weight excluding hydrogens is 343 g/mol. The SMILES string of the molecule is Cc1c(C)c(C)c(S(=O)(=O)Nc2ccc(F)c(C(N)=O)c2)c(C)c1C. The molecule has 0 atom stereocenters. The Morgan fingerprint density at radius 1 is 0.960 bits per heavy atom. The second kappa shape index (κ2) is 6.48. The third-order valence-electron chi connectivity index (χ3n) is 4.68. The van der Waals surface area contributed by atoms with Crippen molar-refractivity contribution in [1.82, 2.24) is 0 Å². The number of anilines is 1. The van der Waals surface area contributed by atoms with E-state index in [9.17, 15) is 17.6 Å². The van der Waals surface area contributed by atoms with E-state index in [1.54, 1.807) is 13.8 Å². The summed E-state index contributed by atoms with van der Waals surface area (Å²) >= 11 is 0. The number of amides is 1. The fourth-order valence-electron chi connectivity index (χ4n) is 2.85. The second-order valence-corrected chi connectivity index (χ2v) is 7.74. The average Bonchev–Trinajstić information content (AvgIpc) is 2.52. The summed E-state index contributed by atoms with van der Waals surface area (Å²) in [4.78, 5) is 11.4. The molecule has 25 heavy (non-hydrogen) atoms. The van der Waals surface area contributed by atoms with E-state index in [0.29, 0.717) is 11.1 Å². The highest BCUT2D eigenvalue weighted by molar-refractivity contribution is 7.92. The molecule has 0 aliphatic heterocycles. The van der Waals surface area contributed by atoms with E-state index in [1.165, 1.54) is 6.07 Å². The predicted molar refractivity (Wildman–Crippen MR) is 95.9 cm³/mol. The lowest BCUT2D eigenvalue weighted by Gasteiger charge is -2.19. The lowest BCUT2D eigenvalue weighted by Crippen LogP contribution is -2.19. The van der Waals surface area contributed by atoms with E-state index in [4.69, 9.17) is 5.73 Å². The summed E-state index contributed by atoms with van der Waals surface area (Å²) < 4.78 is 41.8. The van der Waals surface area contributed by atoms with Crippen molar-refractivity contribution >= 4 is 21.6 Å². The van der Waals surface area contributed by atoms with Crippen molar-refractivity contribution in [2.45, 2.75) is 39.5 Å². The molecule has 0 bridgehead atoms. The Kier molecular flexibility index (Phi) is 4.90. The van der Waals surface area contributed by atoms with Crippen LogP contribution in [-0.2, 0) is 10.0 Å². The predicted octanol–water partition coefficient (Wildman–Crippen LogP) is 3.27. The zero-order valence-corrected chi connectivity index (χ0v) is 15.6. The first-order valence-electron chi connectivity index (χ1n) is 7.66. The smallest absolute Gasteiger partial charge is 0.262 e. The van der Waals surface area contributed by atoms with Gasteiger partial charge < -0.3 is 5.73 Å². The van der Waals surface area contributed by atoms with Crippen molar-refractivity contribution in [3.63, 3.8) is 0 Å². The van der Waals surface area contributed by atoms with Gasteiger partial charge in [-0.25, -0.2) is 12.8 Å². The fourth-order valence-corrected chi connectivity index (χ4v) is 4.50. The van der Waals surface area contributed by atoms with E-state index in [2.05, 4.69) is 4.72 Å². The van der Waals surface area contributed by atoms with E-state index < -0.39 is 21.7 Å². The number of hydrogen-bond donors (Lipinski definition) is 2. The molecule has 0 spiro atoms. The normalized spacial score (nSPS) is 11.4.